The lowest BCUT2D eigenvalue weighted by Crippen LogP contribution is -2.48. The first kappa shape index (κ1) is 22.3. The van der Waals surface area contributed by atoms with E-state index in [-0.39, 0.29) is 17.9 Å². The molecule has 3 fully saturated rings. The van der Waals surface area contributed by atoms with Crippen molar-refractivity contribution in [3.8, 4) is 0 Å². The van der Waals surface area contributed by atoms with Gasteiger partial charge in [-0.1, -0.05) is 12.5 Å². The van der Waals surface area contributed by atoms with Crippen LogP contribution in [0.4, 0.5) is 0 Å². The highest BCUT2D eigenvalue weighted by atomic mass is 16.5. The molecule has 6 heteroatoms. The first-order valence-corrected chi connectivity index (χ1v) is 12.0. The number of nitrogens with zero attached hydrogens (tertiary/aromatic N) is 3. The van der Waals surface area contributed by atoms with Crippen LogP contribution in [0.5, 0.6) is 0 Å². The first-order chi connectivity index (χ1) is 15.0. The zero-order valence-corrected chi connectivity index (χ0v) is 19.1. The van der Waals surface area contributed by atoms with E-state index in [9.17, 15) is 9.59 Å². The number of hydrogen-bond acceptors (Lipinski definition) is 4. The molecule has 3 aliphatic rings. The molecule has 1 atom stereocenters. The highest BCUT2D eigenvalue weighted by molar-refractivity contribution is 5.94. The maximum absolute atomic E-state index is 13.2. The fourth-order valence-electron chi connectivity index (χ4n) is 4.89. The third-order valence-corrected chi connectivity index (χ3v) is 7.36. The van der Waals surface area contributed by atoms with Crippen molar-refractivity contribution in [2.45, 2.75) is 52.0 Å². The first-order valence-electron chi connectivity index (χ1n) is 12.0. The summed E-state index contributed by atoms with van der Waals surface area (Å²) in [6.07, 6.45) is 5.08. The second kappa shape index (κ2) is 10.1. The van der Waals surface area contributed by atoms with Gasteiger partial charge in [0.25, 0.3) is 5.91 Å². The van der Waals surface area contributed by atoms with E-state index < -0.39 is 0 Å². The average Bonchev–Trinajstić information content (AvgIpc) is 3.22. The molecule has 0 bridgehead atoms. The predicted octanol–water partition coefficient (Wildman–Crippen LogP) is 2.87. The molecular weight excluding hydrogens is 390 g/mol. The Morgan fingerprint density at radius 1 is 1.06 bits per heavy atom. The van der Waals surface area contributed by atoms with E-state index in [0.29, 0.717) is 12.5 Å². The normalized spacial score (nSPS) is 22.4. The fourth-order valence-corrected chi connectivity index (χ4v) is 4.89. The number of rotatable bonds is 7. The number of carbonyl (C=O) groups is 2. The van der Waals surface area contributed by atoms with Gasteiger partial charge in [-0.15, -0.1) is 0 Å². The number of ether oxygens (including phenoxy) is 1. The average molecular weight is 428 g/mol. The summed E-state index contributed by atoms with van der Waals surface area (Å²) in [5.74, 6) is 0.613. The molecule has 1 aromatic rings. The van der Waals surface area contributed by atoms with Crippen molar-refractivity contribution < 1.29 is 14.3 Å². The number of aryl methyl sites for hydroxylation is 2. The predicted molar refractivity (Wildman–Crippen MR) is 121 cm³/mol. The van der Waals surface area contributed by atoms with Crippen molar-refractivity contribution in [1.29, 1.82) is 0 Å². The van der Waals surface area contributed by atoms with Crippen LogP contribution in [0.1, 0.15) is 53.6 Å². The molecule has 6 nitrogen and oxygen atoms in total. The van der Waals surface area contributed by atoms with Crippen LogP contribution in [0.3, 0.4) is 0 Å². The molecule has 1 aliphatic carbocycles. The Bertz CT molecular complexity index is 786. The van der Waals surface area contributed by atoms with Gasteiger partial charge in [-0.25, -0.2) is 0 Å². The van der Waals surface area contributed by atoms with Gasteiger partial charge < -0.3 is 14.5 Å². The molecule has 1 saturated carbocycles. The van der Waals surface area contributed by atoms with Gasteiger partial charge in [0.1, 0.15) is 0 Å². The number of likely N-dealkylation sites (tertiary alicyclic amines) is 1. The van der Waals surface area contributed by atoms with E-state index in [2.05, 4.69) is 16.7 Å². The second-order valence-corrected chi connectivity index (χ2v) is 9.46. The summed E-state index contributed by atoms with van der Waals surface area (Å²) in [6.45, 7) is 10.9. The summed E-state index contributed by atoms with van der Waals surface area (Å²) < 4.78 is 5.44. The molecule has 2 heterocycles. The minimum atomic E-state index is 0.0926. The number of carbonyl (C=O) groups excluding carboxylic acids is 2. The minimum Gasteiger partial charge on any atom is -0.379 e. The lowest BCUT2D eigenvalue weighted by molar-refractivity contribution is -0.140. The van der Waals surface area contributed by atoms with Crippen LogP contribution in [0.2, 0.25) is 0 Å². The lowest BCUT2D eigenvalue weighted by Gasteiger charge is -2.36. The second-order valence-electron chi connectivity index (χ2n) is 9.46. The highest BCUT2D eigenvalue weighted by Gasteiger charge is 2.37. The molecule has 2 amide bonds. The van der Waals surface area contributed by atoms with Gasteiger partial charge >= 0.3 is 0 Å². The maximum atomic E-state index is 13.2. The Hall–Kier alpha value is -1.92. The summed E-state index contributed by atoms with van der Waals surface area (Å²) in [5.41, 5.74) is 3.10. The van der Waals surface area contributed by atoms with Crippen LogP contribution in [-0.2, 0) is 9.53 Å². The Labute approximate surface area is 186 Å². The van der Waals surface area contributed by atoms with Gasteiger partial charge in [0.15, 0.2) is 0 Å². The molecule has 0 radical (unpaired) electrons. The molecule has 1 aromatic carbocycles. The number of morpholine rings is 1. The molecular formula is C25H37N3O3. The quantitative estimate of drug-likeness (QED) is 0.672. The van der Waals surface area contributed by atoms with Crippen LogP contribution in [0.15, 0.2) is 18.2 Å². The molecule has 0 spiro atoms. The van der Waals surface area contributed by atoms with Crippen molar-refractivity contribution in [2.24, 2.45) is 5.92 Å². The topological polar surface area (TPSA) is 53.1 Å². The summed E-state index contributed by atoms with van der Waals surface area (Å²) >= 11 is 0. The van der Waals surface area contributed by atoms with Gasteiger partial charge in [-0.2, -0.15) is 0 Å². The van der Waals surface area contributed by atoms with Crippen molar-refractivity contribution in [1.82, 2.24) is 14.7 Å². The number of benzene rings is 1. The Morgan fingerprint density at radius 2 is 1.84 bits per heavy atom. The molecule has 0 N–H and O–H groups in total. The zero-order valence-electron chi connectivity index (χ0n) is 19.1. The Morgan fingerprint density at radius 3 is 2.52 bits per heavy atom. The Kier molecular flexibility index (Phi) is 7.28. The van der Waals surface area contributed by atoms with Crippen LogP contribution in [0, 0.1) is 19.8 Å². The molecule has 31 heavy (non-hydrogen) atoms. The number of amides is 2. The van der Waals surface area contributed by atoms with E-state index in [1.54, 1.807) is 0 Å². The van der Waals surface area contributed by atoms with E-state index in [4.69, 9.17) is 4.74 Å². The summed E-state index contributed by atoms with van der Waals surface area (Å²) in [7, 11) is 0. The third-order valence-electron chi connectivity index (χ3n) is 7.36. The van der Waals surface area contributed by atoms with Gasteiger partial charge in [0.05, 0.1) is 19.3 Å². The van der Waals surface area contributed by atoms with E-state index in [1.165, 1.54) is 12.0 Å². The molecule has 1 unspecified atom stereocenters. The molecule has 0 aromatic heterocycles. The van der Waals surface area contributed by atoms with Crippen LogP contribution in [0.25, 0.3) is 0 Å². The van der Waals surface area contributed by atoms with Crippen molar-refractivity contribution in [2.75, 3.05) is 52.5 Å². The van der Waals surface area contributed by atoms with Crippen molar-refractivity contribution in [3.63, 3.8) is 0 Å². The standard InChI is InChI=1S/C25H37N3O3/c1-19-7-8-22(17-20(19)2)24(29)27-12-9-23(18-27)28(25(30)21-5-3-6-21)11-4-10-26-13-15-31-16-14-26/h7-8,17,21,23H,3-6,9-16,18H2,1-2H3. The highest BCUT2D eigenvalue weighted by Crippen LogP contribution is 2.30. The zero-order chi connectivity index (χ0) is 21.8. The molecule has 170 valence electrons. The largest absolute Gasteiger partial charge is 0.379 e. The van der Waals surface area contributed by atoms with E-state index in [1.807, 2.05) is 30.0 Å². The number of hydrogen-bond donors (Lipinski definition) is 0. The van der Waals surface area contributed by atoms with Gasteiger partial charge in [0.2, 0.25) is 5.91 Å². The third kappa shape index (κ3) is 5.29. The van der Waals surface area contributed by atoms with Crippen LogP contribution in [-0.4, -0.2) is 85.0 Å². The lowest BCUT2D eigenvalue weighted by atomic mass is 9.84. The smallest absolute Gasteiger partial charge is 0.253 e. The Balaban J connectivity index is 1.37. The summed E-state index contributed by atoms with van der Waals surface area (Å²) in [6, 6.07) is 6.09. The van der Waals surface area contributed by atoms with Gasteiger partial charge in [-0.3, -0.25) is 14.5 Å². The molecule has 2 saturated heterocycles. The summed E-state index contributed by atoms with van der Waals surface area (Å²) in [5, 5.41) is 0. The van der Waals surface area contributed by atoms with E-state index >= 15 is 0 Å². The van der Waals surface area contributed by atoms with Gasteiger partial charge in [-0.05, 0) is 62.8 Å². The van der Waals surface area contributed by atoms with Gasteiger partial charge in [0, 0.05) is 50.7 Å². The van der Waals surface area contributed by atoms with Crippen LogP contribution < -0.4 is 0 Å². The molecule has 4 rings (SSSR count). The molecule has 2 aliphatic heterocycles. The van der Waals surface area contributed by atoms with Crippen LogP contribution >= 0.6 is 0 Å². The van der Waals surface area contributed by atoms with E-state index in [0.717, 1.165) is 82.7 Å². The van der Waals surface area contributed by atoms with Crippen molar-refractivity contribution >= 4 is 11.8 Å². The fraction of sp³-hybridized carbons (Fsp3) is 0.680. The summed E-state index contributed by atoms with van der Waals surface area (Å²) in [4.78, 5) is 32.8. The maximum Gasteiger partial charge on any atom is 0.253 e. The minimum absolute atomic E-state index is 0.0926. The van der Waals surface area contributed by atoms with Crippen molar-refractivity contribution in [3.05, 3.63) is 34.9 Å². The monoisotopic (exact) mass is 427 g/mol. The SMILES string of the molecule is Cc1ccc(C(=O)N2CCC(N(CCCN3CCOCC3)C(=O)C3CCC3)C2)cc1C.